The maximum atomic E-state index is 12.0. The summed E-state index contributed by atoms with van der Waals surface area (Å²) >= 11 is 0. The van der Waals surface area contributed by atoms with Crippen LogP contribution >= 0.6 is 0 Å². The molecule has 8 heteroatoms. The highest BCUT2D eigenvalue weighted by molar-refractivity contribution is 5.95. The predicted molar refractivity (Wildman–Crippen MR) is 82.1 cm³/mol. The van der Waals surface area contributed by atoms with Crippen LogP contribution in [0.15, 0.2) is 25.0 Å². The number of urea groups is 1. The lowest BCUT2D eigenvalue weighted by molar-refractivity contribution is -0.122. The van der Waals surface area contributed by atoms with Crippen LogP contribution < -0.4 is 16.0 Å². The SMILES string of the molecule is C=CCNC(=O)NC(=O)CN1CCNCC1c1nccn1C. The van der Waals surface area contributed by atoms with Gasteiger partial charge in [-0.15, -0.1) is 6.58 Å². The van der Waals surface area contributed by atoms with Crippen LogP contribution in [0.3, 0.4) is 0 Å². The Bertz CT molecular complexity index is 541. The molecule has 1 atom stereocenters. The van der Waals surface area contributed by atoms with Crippen molar-refractivity contribution in [2.45, 2.75) is 6.04 Å². The summed E-state index contributed by atoms with van der Waals surface area (Å²) in [6, 6.07) is -0.496. The maximum absolute atomic E-state index is 12.0. The van der Waals surface area contributed by atoms with Crippen LogP contribution in [0.5, 0.6) is 0 Å². The number of hydrogen-bond donors (Lipinski definition) is 3. The zero-order chi connectivity index (χ0) is 15.9. The fourth-order valence-corrected chi connectivity index (χ4v) is 2.45. The summed E-state index contributed by atoms with van der Waals surface area (Å²) in [6.07, 6.45) is 5.17. The molecule has 0 aliphatic carbocycles. The van der Waals surface area contributed by atoms with E-state index in [1.165, 1.54) is 0 Å². The van der Waals surface area contributed by atoms with Gasteiger partial charge in [-0.2, -0.15) is 0 Å². The number of nitrogens with one attached hydrogen (secondary N) is 3. The number of rotatable bonds is 5. The van der Waals surface area contributed by atoms with Gasteiger partial charge in [0.15, 0.2) is 0 Å². The lowest BCUT2D eigenvalue weighted by Gasteiger charge is -2.35. The molecule has 1 aromatic heterocycles. The number of imide groups is 1. The average Bonchev–Trinajstić information content (AvgIpc) is 2.91. The Morgan fingerprint density at radius 1 is 1.59 bits per heavy atom. The van der Waals surface area contributed by atoms with E-state index in [0.29, 0.717) is 6.54 Å². The van der Waals surface area contributed by atoms with E-state index < -0.39 is 6.03 Å². The highest BCUT2D eigenvalue weighted by Gasteiger charge is 2.28. The smallest absolute Gasteiger partial charge is 0.321 e. The Morgan fingerprint density at radius 3 is 3.09 bits per heavy atom. The summed E-state index contributed by atoms with van der Waals surface area (Å²) in [4.78, 5) is 29.9. The molecule has 22 heavy (non-hydrogen) atoms. The van der Waals surface area contributed by atoms with Crippen molar-refractivity contribution in [3.05, 3.63) is 30.9 Å². The van der Waals surface area contributed by atoms with Crippen molar-refractivity contribution >= 4 is 11.9 Å². The molecule has 0 aromatic carbocycles. The standard InChI is InChI=1S/C14H22N6O2/c1-3-4-17-14(22)18-12(21)10-20-8-5-15-9-11(20)13-16-6-7-19(13)2/h3,6-7,11,15H,1,4-5,8-10H2,2H3,(H2,17,18,21,22). The summed E-state index contributed by atoms with van der Waals surface area (Å²) < 4.78 is 1.94. The second-order valence-corrected chi connectivity index (χ2v) is 5.13. The molecule has 0 saturated carbocycles. The molecule has 1 aliphatic rings. The lowest BCUT2D eigenvalue weighted by Crippen LogP contribution is -2.51. The first kappa shape index (κ1) is 16.2. The van der Waals surface area contributed by atoms with Crippen LogP contribution in [-0.2, 0) is 11.8 Å². The van der Waals surface area contributed by atoms with Gasteiger partial charge in [-0.05, 0) is 0 Å². The molecule has 0 bridgehead atoms. The Hall–Kier alpha value is -2.19. The van der Waals surface area contributed by atoms with Crippen molar-refractivity contribution in [3.63, 3.8) is 0 Å². The Labute approximate surface area is 129 Å². The monoisotopic (exact) mass is 306 g/mol. The predicted octanol–water partition coefficient (Wildman–Crippen LogP) is -0.622. The Kier molecular flexibility index (Phi) is 5.68. The van der Waals surface area contributed by atoms with E-state index in [4.69, 9.17) is 0 Å². The summed E-state index contributed by atoms with van der Waals surface area (Å²) in [5.41, 5.74) is 0. The number of amides is 3. The minimum Gasteiger partial charge on any atom is -0.337 e. The van der Waals surface area contributed by atoms with Gasteiger partial charge in [-0.25, -0.2) is 9.78 Å². The number of carbonyl (C=O) groups is 2. The summed E-state index contributed by atoms with van der Waals surface area (Å²) in [7, 11) is 1.93. The zero-order valence-electron chi connectivity index (χ0n) is 12.7. The van der Waals surface area contributed by atoms with Crippen molar-refractivity contribution in [2.24, 2.45) is 7.05 Å². The molecule has 1 saturated heterocycles. The molecular formula is C14H22N6O2. The third-order valence-corrected chi connectivity index (χ3v) is 3.52. The van der Waals surface area contributed by atoms with Crippen molar-refractivity contribution in [1.29, 1.82) is 0 Å². The molecule has 0 spiro atoms. The number of aromatic nitrogens is 2. The molecule has 1 unspecified atom stereocenters. The highest BCUT2D eigenvalue weighted by atomic mass is 16.2. The first-order valence-electron chi connectivity index (χ1n) is 7.22. The highest BCUT2D eigenvalue weighted by Crippen LogP contribution is 2.19. The Morgan fingerprint density at radius 2 is 2.41 bits per heavy atom. The topological polar surface area (TPSA) is 91.3 Å². The summed E-state index contributed by atoms with van der Waals surface area (Å²) in [6.45, 7) is 6.22. The van der Waals surface area contributed by atoms with Gasteiger partial charge < -0.3 is 15.2 Å². The lowest BCUT2D eigenvalue weighted by atomic mass is 10.1. The Balaban J connectivity index is 1.94. The van der Waals surface area contributed by atoms with Gasteiger partial charge in [-0.3, -0.25) is 15.0 Å². The molecule has 8 nitrogen and oxygen atoms in total. The van der Waals surface area contributed by atoms with Gasteiger partial charge in [0.05, 0.1) is 12.6 Å². The first-order chi connectivity index (χ1) is 10.6. The van der Waals surface area contributed by atoms with E-state index >= 15 is 0 Å². The van der Waals surface area contributed by atoms with Crippen LogP contribution in [0, 0.1) is 0 Å². The van der Waals surface area contributed by atoms with E-state index in [-0.39, 0.29) is 18.5 Å². The van der Waals surface area contributed by atoms with Gasteiger partial charge in [0.25, 0.3) is 0 Å². The summed E-state index contributed by atoms with van der Waals surface area (Å²) in [5, 5.41) is 8.13. The zero-order valence-corrected chi connectivity index (χ0v) is 12.7. The average molecular weight is 306 g/mol. The van der Waals surface area contributed by atoms with Crippen LogP contribution in [0.4, 0.5) is 4.79 Å². The summed E-state index contributed by atoms with van der Waals surface area (Å²) in [5.74, 6) is 0.568. The molecule has 2 heterocycles. The van der Waals surface area contributed by atoms with E-state index in [0.717, 1.165) is 25.5 Å². The molecule has 1 aromatic rings. The van der Waals surface area contributed by atoms with Crippen LogP contribution in [0.25, 0.3) is 0 Å². The maximum Gasteiger partial charge on any atom is 0.321 e. The van der Waals surface area contributed by atoms with E-state index in [2.05, 4.69) is 27.5 Å². The number of piperazine rings is 1. The molecule has 3 N–H and O–H groups in total. The molecule has 2 rings (SSSR count). The molecule has 0 radical (unpaired) electrons. The molecule has 120 valence electrons. The molecule has 1 aliphatic heterocycles. The van der Waals surface area contributed by atoms with E-state index in [1.54, 1.807) is 12.3 Å². The molecular weight excluding hydrogens is 284 g/mol. The van der Waals surface area contributed by atoms with Crippen LogP contribution in [0.1, 0.15) is 11.9 Å². The number of hydrogen-bond acceptors (Lipinski definition) is 5. The fraction of sp³-hybridized carbons (Fsp3) is 0.500. The van der Waals surface area contributed by atoms with E-state index in [1.807, 2.05) is 22.7 Å². The molecule has 3 amide bonds. The minimum atomic E-state index is -0.506. The van der Waals surface area contributed by atoms with Gasteiger partial charge in [0, 0.05) is 45.6 Å². The quantitative estimate of drug-likeness (QED) is 0.631. The van der Waals surface area contributed by atoms with Crippen molar-refractivity contribution in [2.75, 3.05) is 32.7 Å². The van der Waals surface area contributed by atoms with Crippen LogP contribution in [0.2, 0.25) is 0 Å². The van der Waals surface area contributed by atoms with Crippen molar-refractivity contribution < 1.29 is 9.59 Å². The van der Waals surface area contributed by atoms with Crippen molar-refractivity contribution in [3.8, 4) is 0 Å². The fourth-order valence-electron chi connectivity index (χ4n) is 2.45. The van der Waals surface area contributed by atoms with Crippen LogP contribution in [-0.4, -0.2) is 59.1 Å². The largest absolute Gasteiger partial charge is 0.337 e. The minimum absolute atomic E-state index is 0.00994. The van der Waals surface area contributed by atoms with Gasteiger partial charge in [-0.1, -0.05) is 6.08 Å². The van der Waals surface area contributed by atoms with E-state index in [9.17, 15) is 9.59 Å². The second-order valence-electron chi connectivity index (χ2n) is 5.13. The second kappa shape index (κ2) is 7.71. The van der Waals surface area contributed by atoms with Crippen molar-refractivity contribution in [1.82, 2.24) is 30.4 Å². The normalized spacial score (nSPS) is 18.7. The number of aryl methyl sites for hydroxylation is 1. The number of carbonyl (C=O) groups excluding carboxylic acids is 2. The first-order valence-corrected chi connectivity index (χ1v) is 7.22. The van der Waals surface area contributed by atoms with Gasteiger partial charge in [0.1, 0.15) is 5.82 Å². The number of imidazole rings is 1. The van der Waals surface area contributed by atoms with Gasteiger partial charge in [0.2, 0.25) is 5.91 Å². The molecule has 1 fully saturated rings. The third-order valence-electron chi connectivity index (χ3n) is 3.52. The third kappa shape index (κ3) is 4.15. The number of nitrogens with zero attached hydrogens (tertiary/aromatic N) is 3. The van der Waals surface area contributed by atoms with Gasteiger partial charge >= 0.3 is 6.03 Å².